The highest BCUT2D eigenvalue weighted by molar-refractivity contribution is 7.92. The molecule has 0 aromatic heterocycles. The van der Waals surface area contributed by atoms with Crippen molar-refractivity contribution in [1.82, 2.24) is 10.2 Å². The van der Waals surface area contributed by atoms with E-state index in [4.69, 9.17) is 34.8 Å². The molecule has 2 amide bonds. The van der Waals surface area contributed by atoms with Gasteiger partial charge in [-0.2, -0.15) is 18.4 Å². The number of alkyl halides is 3. The Hall–Kier alpha value is -3.50. The van der Waals surface area contributed by atoms with Gasteiger partial charge in [-0.15, -0.1) is 0 Å². The van der Waals surface area contributed by atoms with Crippen LogP contribution in [0.4, 0.5) is 13.2 Å². The largest absolute Gasteiger partial charge is 0.484 e. The number of ether oxygens (including phenoxy) is 1. The minimum atomic E-state index is -4.62. The van der Waals surface area contributed by atoms with Crippen molar-refractivity contribution in [3.8, 4) is 11.8 Å². The van der Waals surface area contributed by atoms with Gasteiger partial charge < -0.3 is 15.0 Å². The summed E-state index contributed by atoms with van der Waals surface area (Å²) in [5, 5.41) is 11.4. The molecular weight excluding hydrogens is 690 g/mol. The van der Waals surface area contributed by atoms with E-state index in [1.54, 1.807) is 48.5 Å². The van der Waals surface area contributed by atoms with Gasteiger partial charge in [0.05, 0.1) is 27.2 Å². The second kappa shape index (κ2) is 13.0. The first-order valence-electron chi connectivity index (χ1n) is 13.9. The van der Waals surface area contributed by atoms with Gasteiger partial charge in [-0.25, -0.2) is 8.42 Å². The zero-order chi connectivity index (χ0) is 33.4. The number of nitriles is 1. The second-order valence-corrected chi connectivity index (χ2v) is 14.6. The van der Waals surface area contributed by atoms with Gasteiger partial charge in [0.1, 0.15) is 17.3 Å². The van der Waals surface area contributed by atoms with Crippen LogP contribution in [-0.2, 0) is 19.4 Å². The minimum absolute atomic E-state index is 0.290. The van der Waals surface area contributed by atoms with Crippen LogP contribution in [0.1, 0.15) is 36.3 Å². The average molecular weight is 715 g/mol. The van der Waals surface area contributed by atoms with E-state index in [0.717, 1.165) is 18.2 Å². The number of sulfone groups is 1. The Labute approximate surface area is 277 Å². The molecule has 0 bridgehead atoms. The lowest BCUT2D eigenvalue weighted by Crippen LogP contribution is -2.50. The number of carbonyl (C=O) groups excluding carboxylic acids is 2. The molecule has 8 nitrogen and oxygen atoms in total. The van der Waals surface area contributed by atoms with E-state index in [2.05, 4.69) is 16.1 Å². The van der Waals surface area contributed by atoms with E-state index in [9.17, 15) is 36.4 Å². The molecule has 0 spiro atoms. The summed E-state index contributed by atoms with van der Waals surface area (Å²) in [7, 11) is -4.35. The highest BCUT2D eigenvalue weighted by atomic mass is 35.5. The quantitative estimate of drug-likeness (QED) is 0.277. The van der Waals surface area contributed by atoms with Crippen molar-refractivity contribution in [3.63, 3.8) is 0 Å². The predicted molar refractivity (Wildman–Crippen MR) is 165 cm³/mol. The number of carbonyl (C=O) groups is 2. The fourth-order valence-corrected chi connectivity index (χ4v) is 7.81. The summed E-state index contributed by atoms with van der Waals surface area (Å²) in [5.74, 6) is -2.53. The van der Waals surface area contributed by atoms with Gasteiger partial charge in [0.15, 0.2) is 16.4 Å². The Kier molecular flexibility index (Phi) is 9.53. The fraction of sp³-hybridized carbons (Fsp3) is 0.323. The first kappa shape index (κ1) is 33.9. The van der Waals surface area contributed by atoms with Crippen molar-refractivity contribution in [1.29, 1.82) is 5.26 Å². The van der Waals surface area contributed by atoms with Crippen LogP contribution in [0.3, 0.4) is 0 Å². The monoisotopic (exact) mass is 713 g/mol. The Morgan fingerprint density at radius 2 is 1.57 bits per heavy atom. The van der Waals surface area contributed by atoms with Crippen LogP contribution in [0.25, 0.3) is 0 Å². The maximum absolute atomic E-state index is 14.4. The summed E-state index contributed by atoms with van der Waals surface area (Å²) < 4.78 is 70.3. The van der Waals surface area contributed by atoms with E-state index in [-0.39, 0.29) is 17.2 Å². The van der Waals surface area contributed by atoms with Crippen LogP contribution in [0, 0.1) is 11.3 Å². The number of hydrogen-bond acceptors (Lipinski definition) is 6. The SMILES string of the molecule is N#CC1(NC(=O)[C@@H]2C[C@@H](S(=O)(=O)c3ccc(OCC(F)(F)F)cc3Cl)CN2C(=O)C(c2ccc(Cl)cc2)c2ccc(Cl)cc2)CC1. The minimum Gasteiger partial charge on any atom is -0.484 e. The highest BCUT2D eigenvalue weighted by Crippen LogP contribution is 2.39. The van der Waals surface area contributed by atoms with Gasteiger partial charge in [-0.3, -0.25) is 9.59 Å². The number of nitrogens with zero attached hydrogens (tertiary/aromatic N) is 2. The van der Waals surface area contributed by atoms with Gasteiger partial charge in [0.2, 0.25) is 11.8 Å². The average Bonchev–Trinajstić information content (AvgIpc) is 3.62. The Morgan fingerprint density at radius 3 is 2.04 bits per heavy atom. The molecule has 1 saturated heterocycles. The number of benzene rings is 3. The molecule has 3 aromatic rings. The molecule has 15 heteroatoms. The molecule has 2 atom stereocenters. The molecule has 1 saturated carbocycles. The molecule has 0 radical (unpaired) electrons. The molecule has 3 aromatic carbocycles. The number of halogens is 6. The molecule has 2 aliphatic rings. The molecule has 46 heavy (non-hydrogen) atoms. The standard InChI is InChI=1S/C31H25Cl3F3N3O5S/c32-20-5-1-18(2-6-20)27(19-3-7-21(33)8-4-19)29(42)40-15-23(14-25(40)28(41)39-30(16-38)11-12-30)46(43,44)26-10-9-22(13-24(26)34)45-17-31(35,36)37/h1-10,13,23,25,27H,11-12,14-15,17H2,(H,39,41)/t23-,25+/m1/s1. The van der Waals surface area contributed by atoms with Crippen LogP contribution in [0.5, 0.6) is 5.75 Å². The third-order valence-corrected chi connectivity index (χ3v) is 11.0. The topological polar surface area (TPSA) is 117 Å². The summed E-state index contributed by atoms with van der Waals surface area (Å²) in [5.41, 5.74) is -0.0462. The molecule has 1 aliphatic carbocycles. The van der Waals surface area contributed by atoms with Crippen molar-refractivity contribution < 1.29 is 35.9 Å². The number of rotatable bonds is 9. The third-order valence-electron chi connectivity index (χ3n) is 7.88. The second-order valence-electron chi connectivity index (χ2n) is 11.1. The third kappa shape index (κ3) is 7.39. The van der Waals surface area contributed by atoms with Crippen molar-refractivity contribution in [2.24, 2.45) is 0 Å². The lowest BCUT2D eigenvalue weighted by molar-refractivity contribution is -0.153. The van der Waals surface area contributed by atoms with E-state index in [1.807, 2.05) is 0 Å². The van der Waals surface area contributed by atoms with Gasteiger partial charge in [-0.05, 0) is 66.8 Å². The maximum Gasteiger partial charge on any atom is 0.422 e. The van der Waals surface area contributed by atoms with Crippen molar-refractivity contribution >= 4 is 56.5 Å². The predicted octanol–water partition coefficient (Wildman–Crippen LogP) is 6.34. The first-order valence-corrected chi connectivity index (χ1v) is 16.6. The van der Waals surface area contributed by atoms with Crippen LogP contribution in [0.2, 0.25) is 15.1 Å². The van der Waals surface area contributed by atoms with E-state index in [1.165, 1.54) is 4.90 Å². The van der Waals surface area contributed by atoms with Gasteiger partial charge >= 0.3 is 6.18 Å². The maximum atomic E-state index is 14.4. The Balaban J connectivity index is 1.50. The lowest BCUT2D eigenvalue weighted by Gasteiger charge is -2.29. The van der Waals surface area contributed by atoms with E-state index < -0.39 is 68.6 Å². The number of amides is 2. The van der Waals surface area contributed by atoms with Gasteiger partial charge in [-0.1, -0.05) is 59.1 Å². The molecule has 2 fully saturated rings. The summed E-state index contributed by atoms with van der Waals surface area (Å²) in [6.07, 6.45) is -4.12. The lowest BCUT2D eigenvalue weighted by atomic mass is 9.89. The normalized spacial score (nSPS) is 19.0. The molecule has 1 aliphatic heterocycles. The number of likely N-dealkylation sites (tertiary alicyclic amines) is 1. The smallest absolute Gasteiger partial charge is 0.422 e. The summed E-state index contributed by atoms with van der Waals surface area (Å²) in [6, 6.07) is 16.8. The molecule has 1 N–H and O–H groups in total. The highest BCUT2D eigenvalue weighted by Gasteiger charge is 2.51. The zero-order valence-corrected chi connectivity index (χ0v) is 26.8. The first-order chi connectivity index (χ1) is 21.6. The fourth-order valence-electron chi connectivity index (χ4n) is 5.32. The van der Waals surface area contributed by atoms with Gasteiger partial charge in [0, 0.05) is 22.7 Å². The number of hydrogen-bond donors (Lipinski definition) is 1. The van der Waals surface area contributed by atoms with Crippen LogP contribution in [-0.4, -0.2) is 61.3 Å². The van der Waals surface area contributed by atoms with Crippen molar-refractivity contribution in [2.75, 3.05) is 13.2 Å². The van der Waals surface area contributed by atoms with E-state index >= 15 is 0 Å². The van der Waals surface area contributed by atoms with Crippen molar-refractivity contribution in [2.45, 2.75) is 53.1 Å². The Bertz CT molecular complexity index is 1750. The summed E-state index contributed by atoms with van der Waals surface area (Å²) in [6.45, 7) is -2.00. The van der Waals surface area contributed by atoms with Crippen LogP contribution in [0.15, 0.2) is 71.6 Å². The Morgan fingerprint density at radius 1 is 1.00 bits per heavy atom. The number of nitrogens with one attached hydrogen (secondary N) is 1. The summed E-state index contributed by atoms with van der Waals surface area (Å²) >= 11 is 18.4. The van der Waals surface area contributed by atoms with Gasteiger partial charge in [0.25, 0.3) is 0 Å². The summed E-state index contributed by atoms with van der Waals surface area (Å²) in [4.78, 5) is 28.8. The molecule has 242 valence electrons. The molecule has 1 heterocycles. The van der Waals surface area contributed by atoms with Crippen LogP contribution >= 0.6 is 34.8 Å². The molecule has 5 rings (SSSR count). The van der Waals surface area contributed by atoms with Crippen LogP contribution < -0.4 is 10.1 Å². The molecule has 0 unspecified atom stereocenters. The zero-order valence-electron chi connectivity index (χ0n) is 23.7. The van der Waals surface area contributed by atoms with Crippen molar-refractivity contribution in [3.05, 3.63) is 92.9 Å². The van der Waals surface area contributed by atoms with E-state index in [0.29, 0.717) is 34.0 Å². The molecular formula is C31H25Cl3F3N3O5S.